The number of hydrogen-bond acceptors (Lipinski definition) is 2. The van der Waals surface area contributed by atoms with Gasteiger partial charge in [-0.25, -0.2) is 0 Å². The smallest absolute Gasteiger partial charge is 0.248 e. The fourth-order valence-corrected chi connectivity index (χ4v) is 2.35. The number of carbonyl (C=O) groups excluding carboxylic acids is 1. The fourth-order valence-electron chi connectivity index (χ4n) is 2.35. The molecule has 16 heavy (non-hydrogen) atoms. The largest absolute Gasteiger partial charge is 0.366 e. The van der Waals surface area contributed by atoms with Crippen LogP contribution < -0.4 is 11.1 Å². The lowest BCUT2D eigenvalue weighted by Crippen LogP contribution is -2.34. The number of hydrogen-bond donors (Lipinski definition) is 2. The van der Waals surface area contributed by atoms with Gasteiger partial charge >= 0.3 is 0 Å². The van der Waals surface area contributed by atoms with E-state index in [9.17, 15) is 4.79 Å². The highest BCUT2D eigenvalue weighted by Crippen LogP contribution is 2.27. The lowest BCUT2D eigenvalue weighted by molar-refractivity contribution is 0.100. The second-order valence-corrected chi connectivity index (χ2v) is 4.56. The average molecular weight is 218 g/mol. The Morgan fingerprint density at radius 3 is 2.62 bits per heavy atom. The number of piperidine rings is 1. The van der Waals surface area contributed by atoms with E-state index in [1.807, 2.05) is 24.3 Å². The van der Waals surface area contributed by atoms with Gasteiger partial charge in [0.2, 0.25) is 5.91 Å². The van der Waals surface area contributed by atoms with Crippen molar-refractivity contribution in [2.45, 2.75) is 31.7 Å². The van der Waals surface area contributed by atoms with E-state index in [0.717, 1.165) is 13.0 Å². The summed E-state index contributed by atoms with van der Waals surface area (Å²) in [4.78, 5) is 11.0. The van der Waals surface area contributed by atoms with Crippen LogP contribution in [0.3, 0.4) is 0 Å². The molecule has 3 nitrogen and oxygen atoms in total. The summed E-state index contributed by atoms with van der Waals surface area (Å²) in [6.45, 7) is 3.29. The number of nitrogens with two attached hydrogens (primary N) is 1. The molecule has 0 saturated carbocycles. The maximum Gasteiger partial charge on any atom is 0.248 e. The van der Waals surface area contributed by atoms with Crippen LogP contribution in [0.25, 0.3) is 0 Å². The Balaban J connectivity index is 2.11. The van der Waals surface area contributed by atoms with E-state index in [4.69, 9.17) is 5.73 Å². The third kappa shape index (κ3) is 2.42. The van der Waals surface area contributed by atoms with Gasteiger partial charge in [-0.15, -0.1) is 0 Å². The highest BCUT2D eigenvalue weighted by Gasteiger charge is 2.19. The van der Waals surface area contributed by atoms with Crippen LogP contribution in [0.2, 0.25) is 0 Å². The molecular formula is C13H18N2O. The van der Waals surface area contributed by atoms with Crippen LogP contribution >= 0.6 is 0 Å². The van der Waals surface area contributed by atoms with Gasteiger partial charge < -0.3 is 11.1 Å². The van der Waals surface area contributed by atoms with E-state index in [-0.39, 0.29) is 5.91 Å². The summed E-state index contributed by atoms with van der Waals surface area (Å²) in [5, 5.41) is 3.44. The number of primary amides is 1. The summed E-state index contributed by atoms with van der Waals surface area (Å²) in [5.74, 6) is 0.253. The summed E-state index contributed by atoms with van der Waals surface area (Å²) in [7, 11) is 0. The Hall–Kier alpha value is -1.35. The van der Waals surface area contributed by atoms with Gasteiger partial charge in [0.25, 0.3) is 0 Å². The first-order valence-corrected chi connectivity index (χ1v) is 5.80. The second kappa shape index (κ2) is 4.66. The topological polar surface area (TPSA) is 55.1 Å². The molecule has 2 rings (SSSR count). The molecule has 0 radical (unpaired) electrons. The highest BCUT2D eigenvalue weighted by molar-refractivity contribution is 5.92. The van der Waals surface area contributed by atoms with Crippen molar-refractivity contribution in [2.75, 3.05) is 6.54 Å². The molecule has 1 aromatic rings. The number of carbonyl (C=O) groups is 1. The standard InChI is InChI=1S/C13H18N2O/c1-9-8-12(6-7-15-9)10-2-4-11(5-3-10)13(14)16/h2-5,9,12,15H,6-8H2,1H3,(H2,14,16)/t9-,12-/m0/s1. The molecule has 0 spiro atoms. The van der Waals surface area contributed by atoms with E-state index < -0.39 is 0 Å². The number of amides is 1. The molecule has 1 fully saturated rings. The maximum atomic E-state index is 11.0. The van der Waals surface area contributed by atoms with Crippen LogP contribution in [-0.4, -0.2) is 18.5 Å². The summed E-state index contributed by atoms with van der Waals surface area (Å²) >= 11 is 0. The molecule has 0 unspecified atom stereocenters. The van der Waals surface area contributed by atoms with Crippen molar-refractivity contribution >= 4 is 5.91 Å². The van der Waals surface area contributed by atoms with Gasteiger partial charge in [0, 0.05) is 11.6 Å². The number of nitrogens with one attached hydrogen (secondary N) is 1. The predicted octanol–water partition coefficient (Wildman–Crippen LogP) is 1.64. The molecule has 3 N–H and O–H groups in total. The minimum absolute atomic E-state index is 0.356. The molecule has 1 saturated heterocycles. The van der Waals surface area contributed by atoms with Crippen LogP contribution in [-0.2, 0) is 0 Å². The van der Waals surface area contributed by atoms with Crippen molar-refractivity contribution in [1.29, 1.82) is 0 Å². The van der Waals surface area contributed by atoms with E-state index in [0.29, 0.717) is 17.5 Å². The van der Waals surface area contributed by atoms with Gasteiger partial charge in [0.15, 0.2) is 0 Å². The van der Waals surface area contributed by atoms with Crippen molar-refractivity contribution in [1.82, 2.24) is 5.32 Å². The van der Waals surface area contributed by atoms with Crippen LogP contribution in [0.15, 0.2) is 24.3 Å². The first-order valence-electron chi connectivity index (χ1n) is 5.80. The minimum Gasteiger partial charge on any atom is -0.366 e. The number of benzene rings is 1. The lowest BCUT2D eigenvalue weighted by Gasteiger charge is -2.28. The molecule has 1 heterocycles. The van der Waals surface area contributed by atoms with E-state index in [2.05, 4.69) is 12.2 Å². The Morgan fingerprint density at radius 1 is 1.38 bits per heavy atom. The van der Waals surface area contributed by atoms with Gasteiger partial charge in [-0.1, -0.05) is 12.1 Å². The van der Waals surface area contributed by atoms with Gasteiger partial charge in [0.1, 0.15) is 0 Å². The number of rotatable bonds is 2. The zero-order valence-corrected chi connectivity index (χ0v) is 9.57. The summed E-state index contributed by atoms with van der Waals surface area (Å²) in [5.41, 5.74) is 7.12. The molecule has 2 atom stereocenters. The molecule has 1 amide bonds. The van der Waals surface area contributed by atoms with Crippen LogP contribution in [0, 0.1) is 0 Å². The first-order chi connectivity index (χ1) is 7.66. The van der Waals surface area contributed by atoms with E-state index in [1.54, 1.807) is 0 Å². The normalized spacial score (nSPS) is 25.3. The molecular weight excluding hydrogens is 200 g/mol. The first kappa shape index (κ1) is 11.1. The zero-order valence-electron chi connectivity index (χ0n) is 9.57. The van der Waals surface area contributed by atoms with E-state index in [1.165, 1.54) is 12.0 Å². The average Bonchev–Trinajstić information content (AvgIpc) is 2.29. The molecule has 0 aromatic heterocycles. The SMILES string of the molecule is C[C@H]1C[C@@H](c2ccc(C(N)=O)cc2)CCN1. The lowest BCUT2D eigenvalue weighted by atomic mass is 9.86. The van der Waals surface area contributed by atoms with Gasteiger partial charge in [-0.2, -0.15) is 0 Å². The summed E-state index contributed by atoms with van der Waals surface area (Å²) in [6, 6.07) is 8.29. The van der Waals surface area contributed by atoms with E-state index >= 15 is 0 Å². The monoisotopic (exact) mass is 218 g/mol. The molecule has 3 heteroatoms. The molecule has 1 aliphatic rings. The molecule has 86 valence electrons. The summed E-state index contributed by atoms with van der Waals surface area (Å²) < 4.78 is 0. The zero-order chi connectivity index (χ0) is 11.5. The van der Waals surface area contributed by atoms with Gasteiger partial charge in [-0.05, 0) is 49.9 Å². The molecule has 0 aliphatic carbocycles. The van der Waals surface area contributed by atoms with Crippen LogP contribution in [0.5, 0.6) is 0 Å². The maximum absolute atomic E-state index is 11.0. The Labute approximate surface area is 96.0 Å². The Bertz CT molecular complexity index is 372. The molecule has 1 aromatic carbocycles. The van der Waals surface area contributed by atoms with Crippen molar-refractivity contribution < 1.29 is 4.79 Å². The van der Waals surface area contributed by atoms with Crippen molar-refractivity contribution in [2.24, 2.45) is 5.73 Å². The predicted molar refractivity (Wildman–Crippen MR) is 64.4 cm³/mol. The minimum atomic E-state index is -0.356. The third-order valence-corrected chi connectivity index (χ3v) is 3.29. The van der Waals surface area contributed by atoms with Crippen LogP contribution in [0.4, 0.5) is 0 Å². The fraction of sp³-hybridized carbons (Fsp3) is 0.462. The van der Waals surface area contributed by atoms with Gasteiger partial charge in [-0.3, -0.25) is 4.79 Å². The van der Waals surface area contributed by atoms with Crippen LogP contribution in [0.1, 0.15) is 41.6 Å². The third-order valence-electron chi connectivity index (χ3n) is 3.29. The quantitative estimate of drug-likeness (QED) is 0.793. The van der Waals surface area contributed by atoms with Gasteiger partial charge in [0.05, 0.1) is 0 Å². The second-order valence-electron chi connectivity index (χ2n) is 4.56. The Kier molecular flexibility index (Phi) is 3.25. The van der Waals surface area contributed by atoms with Crippen molar-refractivity contribution in [3.8, 4) is 0 Å². The van der Waals surface area contributed by atoms with Crippen molar-refractivity contribution in [3.63, 3.8) is 0 Å². The molecule has 1 aliphatic heterocycles. The summed E-state index contributed by atoms with van der Waals surface area (Å²) in [6.07, 6.45) is 2.33. The van der Waals surface area contributed by atoms with Crippen molar-refractivity contribution in [3.05, 3.63) is 35.4 Å². The molecule has 0 bridgehead atoms. The Morgan fingerprint density at radius 2 is 2.06 bits per heavy atom. The highest BCUT2D eigenvalue weighted by atomic mass is 16.1.